The Morgan fingerprint density at radius 1 is 1.24 bits per heavy atom. The number of nitrogens with one attached hydrogen (secondary N) is 2. The number of carboxylic acid groups (broad SMARTS) is 1. The monoisotopic (exact) mass is 316 g/mol. The summed E-state index contributed by atoms with van der Waals surface area (Å²) in [4.78, 5) is 21.2. The molecule has 0 aliphatic carbocycles. The molecule has 21 heavy (non-hydrogen) atoms. The summed E-state index contributed by atoms with van der Waals surface area (Å²) >= 11 is 0. The van der Waals surface area contributed by atoms with E-state index in [0.717, 1.165) is 0 Å². The average molecular weight is 316 g/mol. The Bertz CT molecular complexity index is 611. The van der Waals surface area contributed by atoms with Gasteiger partial charge in [-0.2, -0.15) is 0 Å². The van der Waals surface area contributed by atoms with Gasteiger partial charge in [0.2, 0.25) is 15.9 Å². The first-order valence-electron chi connectivity index (χ1n) is 6.00. The van der Waals surface area contributed by atoms with Gasteiger partial charge in [-0.25, -0.2) is 17.9 Å². The van der Waals surface area contributed by atoms with E-state index in [1.165, 1.54) is 31.2 Å². The van der Waals surface area contributed by atoms with E-state index in [9.17, 15) is 18.0 Å². The molecule has 0 aliphatic heterocycles. The summed E-state index contributed by atoms with van der Waals surface area (Å²) in [6.45, 7) is 1.13. The van der Waals surface area contributed by atoms with Crippen LogP contribution in [0.2, 0.25) is 0 Å². The normalized spacial score (nSPS) is 12.7. The van der Waals surface area contributed by atoms with Gasteiger partial charge in [-0.1, -0.05) is 0 Å². The number of anilines is 1. The number of hydrogen-bond acceptors (Lipinski definition) is 5. The van der Waals surface area contributed by atoms with Crippen LogP contribution < -0.4 is 10.0 Å². The molecular formula is C12H16N2O6S. The van der Waals surface area contributed by atoms with E-state index in [1.54, 1.807) is 0 Å². The topological polar surface area (TPSA) is 133 Å². The second-order valence-electron chi connectivity index (χ2n) is 4.25. The van der Waals surface area contributed by atoms with Crippen molar-refractivity contribution in [1.82, 2.24) is 4.72 Å². The molecule has 0 radical (unpaired) electrons. The molecule has 1 aromatic rings. The fourth-order valence-electron chi connectivity index (χ4n) is 1.46. The molecular weight excluding hydrogens is 300 g/mol. The lowest BCUT2D eigenvalue weighted by Gasteiger charge is -2.09. The number of rotatable bonds is 7. The maximum Gasteiger partial charge on any atom is 0.332 e. The van der Waals surface area contributed by atoms with E-state index < -0.39 is 22.1 Å². The third-order valence-electron chi connectivity index (χ3n) is 2.48. The second-order valence-corrected chi connectivity index (χ2v) is 6.01. The van der Waals surface area contributed by atoms with Crippen molar-refractivity contribution in [3.63, 3.8) is 0 Å². The Morgan fingerprint density at radius 2 is 1.81 bits per heavy atom. The van der Waals surface area contributed by atoms with E-state index in [2.05, 4.69) is 10.0 Å². The van der Waals surface area contributed by atoms with Crippen LogP contribution in [-0.2, 0) is 19.6 Å². The van der Waals surface area contributed by atoms with Gasteiger partial charge in [-0.05, 0) is 30.7 Å². The highest BCUT2D eigenvalue weighted by atomic mass is 32.2. The highest BCUT2D eigenvalue weighted by Gasteiger charge is 2.17. The molecule has 1 rings (SSSR count). The highest BCUT2D eigenvalue weighted by Crippen LogP contribution is 2.13. The fraction of sp³-hybridized carbons (Fsp3) is 0.333. The first kappa shape index (κ1) is 17.1. The molecule has 0 unspecified atom stereocenters. The Kier molecular flexibility index (Phi) is 5.82. The van der Waals surface area contributed by atoms with E-state index in [0.29, 0.717) is 5.69 Å². The zero-order valence-electron chi connectivity index (χ0n) is 11.2. The molecule has 0 saturated heterocycles. The van der Waals surface area contributed by atoms with Gasteiger partial charge in [0.05, 0.1) is 4.90 Å². The van der Waals surface area contributed by atoms with Crippen molar-refractivity contribution in [2.45, 2.75) is 24.3 Å². The number of aliphatic carboxylic acids is 1. The summed E-state index contributed by atoms with van der Waals surface area (Å²) in [5.41, 5.74) is 0.461. The lowest BCUT2D eigenvalue weighted by Crippen LogP contribution is -2.30. The average Bonchev–Trinajstić information content (AvgIpc) is 2.38. The van der Waals surface area contributed by atoms with Gasteiger partial charge in [0.1, 0.15) is 0 Å². The number of carbonyl (C=O) groups excluding carboxylic acids is 1. The van der Waals surface area contributed by atoms with E-state index in [1.807, 2.05) is 0 Å². The predicted molar refractivity (Wildman–Crippen MR) is 74.2 cm³/mol. The first-order valence-corrected chi connectivity index (χ1v) is 7.49. The molecule has 0 saturated carbocycles. The van der Waals surface area contributed by atoms with Crippen molar-refractivity contribution in [3.05, 3.63) is 24.3 Å². The van der Waals surface area contributed by atoms with Crippen molar-refractivity contribution < 1.29 is 28.2 Å². The lowest BCUT2D eigenvalue weighted by molar-refractivity contribution is -0.146. The van der Waals surface area contributed by atoms with Crippen LogP contribution in [0.5, 0.6) is 0 Å². The van der Waals surface area contributed by atoms with Crippen LogP contribution >= 0.6 is 0 Å². The number of carbonyl (C=O) groups is 2. The molecule has 0 aliphatic rings. The molecule has 0 heterocycles. The molecule has 1 aromatic carbocycles. The number of carboxylic acids is 1. The van der Waals surface area contributed by atoms with Crippen LogP contribution in [0.1, 0.15) is 13.3 Å². The predicted octanol–water partition coefficient (Wildman–Crippen LogP) is -0.241. The van der Waals surface area contributed by atoms with Gasteiger partial charge in [0, 0.05) is 19.2 Å². The third kappa shape index (κ3) is 5.50. The van der Waals surface area contributed by atoms with Crippen LogP contribution in [0.25, 0.3) is 0 Å². The Hall–Kier alpha value is -1.97. The van der Waals surface area contributed by atoms with Crippen LogP contribution in [0.15, 0.2) is 29.2 Å². The summed E-state index contributed by atoms with van der Waals surface area (Å²) in [6, 6.07) is 5.48. The maximum atomic E-state index is 11.9. The van der Waals surface area contributed by atoms with Crippen molar-refractivity contribution >= 4 is 27.6 Å². The molecule has 9 heteroatoms. The zero-order valence-corrected chi connectivity index (χ0v) is 12.1. The van der Waals surface area contributed by atoms with E-state index in [-0.39, 0.29) is 23.8 Å². The van der Waals surface area contributed by atoms with Crippen LogP contribution in [0, 0.1) is 0 Å². The fourth-order valence-corrected chi connectivity index (χ4v) is 2.51. The van der Waals surface area contributed by atoms with Crippen molar-refractivity contribution in [3.8, 4) is 0 Å². The van der Waals surface area contributed by atoms with Gasteiger partial charge >= 0.3 is 5.97 Å². The summed E-state index contributed by atoms with van der Waals surface area (Å²) in [5.74, 6) is -1.68. The van der Waals surface area contributed by atoms with Crippen LogP contribution in [0.4, 0.5) is 5.69 Å². The van der Waals surface area contributed by atoms with Gasteiger partial charge in [0.25, 0.3) is 0 Å². The van der Waals surface area contributed by atoms with Crippen molar-refractivity contribution in [2.75, 3.05) is 11.9 Å². The molecule has 0 spiro atoms. The summed E-state index contributed by atoms with van der Waals surface area (Å²) in [6.07, 6.45) is -1.85. The Balaban J connectivity index is 2.66. The van der Waals surface area contributed by atoms with Gasteiger partial charge in [-0.3, -0.25) is 4.79 Å². The van der Waals surface area contributed by atoms with Gasteiger partial charge in [0.15, 0.2) is 6.10 Å². The zero-order chi connectivity index (χ0) is 16.0. The molecule has 0 bridgehead atoms. The number of amides is 1. The van der Waals surface area contributed by atoms with E-state index >= 15 is 0 Å². The molecule has 1 amide bonds. The SMILES string of the molecule is CC(=O)Nc1ccc(S(=O)(=O)NCC[C@H](O)C(=O)O)cc1. The molecule has 8 nitrogen and oxygen atoms in total. The molecule has 116 valence electrons. The third-order valence-corrected chi connectivity index (χ3v) is 3.96. The minimum atomic E-state index is -3.79. The summed E-state index contributed by atoms with van der Waals surface area (Å²) < 4.78 is 26.0. The number of aliphatic hydroxyl groups is 1. The van der Waals surface area contributed by atoms with E-state index in [4.69, 9.17) is 10.2 Å². The molecule has 0 aromatic heterocycles. The van der Waals surface area contributed by atoms with Crippen molar-refractivity contribution in [1.29, 1.82) is 0 Å². The second kappa shape index (κ2) is 7.16. The molecule has 1 atom stereocenters. The quantitative estimate of drug-likeness (QED) is 0.548. The Labute approximate surface area is 121 Å². The van der Waals surface area contributed by atoms with Crippen LogP contribution in [0.3, 0.4) is 0 Å². The summed E-state index contributed by atoms with van der Waals surface area (Å²) in [5, 5.41) is 20.0. The Morgan fingerprint density at radius 3 is 2.29 bits per heavy atom. The largest absolute Gasteiger partial charge is 0.479 e. The van der Waals surface area contributed by atoms with Crippen molar-refractivity contribution in [2.24, 2.45) is 0 Å². The number of benzene rings is 1. The lowest BCUT2D eigenvalue weighted by atomic mass is 10.3. The van der Waals surface area contributed by atoms with Gasteiger partial charge in [-0.15, -0.1) is 0 Å². The summed E-state index contributed by atoms with van der Waals surface area (Å²) in [7, 11) is -3.79. The first-order chi connectivity index (χ1) is 9.72. The minimum Gasteiger partial charge on any atom is -0.479 e. The highest BCUT2D eigenvalue weighted by molar-refractivity contribution is 7.89. The smallest absolute Gasteiger partial charge is 0.332 e. The molecule has 0 fully saturated rings. The number of sulfonamides is 1. The maximum absolute atomic E-state index is 11.9. The number of aliphatic hydroxyl groups excluding tert-OH is 1. The standard InChI is InChI=1S/C12H16N2O6S/c1-8(15)14-9-2-4-10(5-3-9)21(19,20)13-7-6-11(16)12(17)18/h2-5,11,13,16H,6-7H2,1H3,(H,14,15)(H,17,18)/t11-/m0/s1. The van der Waals surface area contributed by atoms with Crippen LogP contribution in [-0.4, -0.2) is 43.2 Å². The minimum absolute atomic E-state index is 0.0265. The number of hydrogen-bond donors (Lipinski definition) is 4. The van der Waals surface area contributed by atoms with Gasteiger partial charge < -0.3 is 15.5 Å². The molecule has 4 N–H and O–H groups in total.